The Bertz CT molecular complexity index is 414. The lowest BCUT2D eigenvalue weighted by atomic mass is 9.85. The molecule has 3 aliphatic rings. The molecule has 6 nitrogen and oxygen atoms in total. The standard InChI is InChI=1S/C15H25N3O3/c1-21-11-10-18-13(19)4-5-15(18)6-8-17(9-7-15)14(20)16-12-2-3-12/h12H,2-11H2,1H3,(H,16,20). The second-order valence-corrected chi connectivity index (χ2v) is 6.47. The highest BCUT2D eigenvalue weighted by Crippen LogP contribution is 2.39. The molecule has 0 atom stereocenters. The van der Waals surface area contributed by atoms with Crippen molar-refractivity contribution < 1.29 is 14.3 Å². The molecule has 118 valence electrons. The minimum atomic E-state index is -0.0357. The van der Waals surface area contributed by atoms with E-state index in [4.69, 9.17) is 4.74 Å². The van der Waals surface area contributed by atoms with Crippen molar-refractivity contribution in [2.75, 3.05) is 33.4 Å². The highest BCUT2D eigenvalue weighted by Gasteiger charge is 2.47. The zero-order valence-electron chi connectivity index (χ0n) is 12.8. The van der Waals surface area contributed by atoms with E-state index < -0.39 is 0 Å². The van der Waals surface area contributed by atoms with Gasteiger partial charge < -0.3 is 19.9 Å². The highest BCUT2D eigenvalue weighted by atomic mass is 16.5. The predicted molar refractivity (Wildman–Crippen MR) is 77.9 cm³/mol. The molecule has 0 aromatic heterocycles. The molecule has 2 aliphatic heterocycles. The van der Waals surface area contributed by atoms with Crippen LogP contribution in [0.5, 0.6) is 0 Å². The van der Waals surface area contributed by atoms with Crippen LogP contribution in [0.1, 0.15) is 38.5 Å². The third-order valence-electron chi connectivity index (χ3n) is 5.08. The number of nitrogens with zero attached hydrogens (tertiary/aromatic N) is 2. The molecule has 2 saturated heterocycles. The topological polar surface area (TPSA) is 61.9 Å². The van der Waals surface area contributed by atoms with Crippen LogP contribution in [0.4, 0.5) is 4.79 Å². The van der Waals surface area contributed by atoms with E-state index in [0.717, 1.165) is 45.2 Å². The van der Waals surface area contributed by atoms with Crippen molar-refractivity contribution in [1.29, 1.82) is 0 Å². The number of piperidine rings is 1. The van der Waals surface area contributed by atoms with E-state index in [0.29, 0.717) is 25.6 Å². The van der Waals surface area contributed by atoms with Gasteiger partial charge in [0.25, 0.3) is 0 Å². The monoisotopic (exact) mass is 295 g/mol. The van der Waals surface area contributed by atoms with Crippen LogP contribution < -0.4 is 5.32 Å². The Morgan fingerprint density at radius 1 is 1.33 bits per heavy atom. The number of hydrogen-bond donors (Lipinski definition) is 1. The quantitative estimate of drug-likeness (QED) is 0.840. The number of amides is 3. The number of carbonyl (C=O) groups is 2. The Kier molecular flexibility index (Phi) is 4.06. The van der Waals surface area contributed by atoms with Crippen molar-refractivity contribution in [2.24, 2.45) is 0 Å². The smallest absolute Gasteiger partial charge is 0.317 e. The van der Waals surface area contributed by atoms with Crippen molar-refractivity contribution in [2.45, 2.75) is 50.1 Å². The van der Waals surface area contributed by atoms with Gasteiger partial charge >= 0.3 is 6.03 Å². The van der Waals surface area contributed by atoms with Crippen molar-refractivity contribution in [3.63, 3.8) is 0 Å². The first-order valence-electron chi connectivity index (χ1n) is 7.99. The predicted octanol–water partition coefficient (Wildman–Crippen LogP) is 0.962. The average molecular weight is 295 g/mol. The van der Waals surface area contributed by atoms with Gasteiger partial charge in [-0.25, -0.2) is 4.79 Å². The number of nitrogens with one attached hydrogen (secondary N) is 1. The number of urea groups is 1. The van der Waals surface area contributed by atoms with Gasteiger partial charge in [0.05, 0.1) is 6.61 Å². The van der Waals surface area contributed by atoms with Crippen LogP contribution in [-0.2, 0) is 9.53 Å². The van der Waals surface area contributed by atoms with Crippen LogP contribution in [0.2, 0.25) is 0 Å². The lowest BCUT2D eigenvalue weighted by Gasteiger charge is -2.44. The summed E-state index contributed by atoms with van der Waals surface area (Å²) in [5.41, 5.74) is -0.0357. The van der Waals surface area contributed by atoms with E-state index in [1.807, 2.05) is 9.80 Å². The Morgan fingerprint density at radius 3 is 2.67 bits per heavy atom. The van der Waals surface area contributed by atoms with Crippen molar-refractivity contribution in [1.82, 2.24) is 15.1 Å². The van der Waals surface area contributed by atoms with Gasteiger partial charge in [0.15, 0.2) is 0 Å². The molecule has 0 aromatic carbocycles. The maximum Gasteiger partial charge on any atom is 0.317 e. The van der Waals surface area contributed by atoms with Crippen molar-refractivity contribution in [3.05, 3.63) is 0 Å². The molecule has 0 unspecified atom stereocenters. The van der Waals surface area contributed by atoms with E-state index in [1.54, 1.807) is 7.11 Å². The second kappa shape index (κ2) is 5.83. The van der Waals surface area contributed by atoms with E-state index in [2.05, 4.69) is 5.32 Å². The second-order valence-electron chi connectivity index (χ2n) is 6.47. The van der Waals surface area contributed by atoms with Gasteiger partial charge in [-0.05, 0) is 32.1 Å². The molecule has 3 amide bonds. The van der Waals surface area contributed by atoms with Crippen molar-refractivity contribution in [3.8, 4) is 0 Å². The van der Waals surface area contributed by atoms with Gasteiger partial charge in [-0.2, -0.15) is 0 Å². The summed E-state index contributed by atoms with van der Waals surface area (Å²) in [4.78, 5) is 28.1. The lowest BCUT2D eigenvalue weighted by Crippen LogP contribution is -2.56. The number of ether oxygens (including phenoxy) is 1. The summed E-state index contributed by atoms with van der Waals surface area (Å²) < 4.78 is 5.13. The molecule has 3 rings (SSSR count). The zero-order valence-corrected chi connectivity index (χ0v) is 12.8. The highest BCUT2D eigenvalue weighted by molar-refractivity contribution is 5.80. The zero-order chi connectivity index (χ0) is 14.9. The molecule has 1 spiro atoms. The van der Waals surface area contributed by atoms with E-state index in [-0.39, 0.29) is 17.5 Å². The molecule has 3 fully saturated rings. The van der Waals surface area contributed by atoms with Gasteiger partial charge in [-0.15, -0.1) is 0 Å². The van der Waals surface area contributed by atoms with Crippen LogP contribution in [0.25, 0.3) is 0 Å². The maximum absolute atomic E-state index is 12.1. The fourth-order valence-corrected chi connectivity index (χ4v) is 3.56. The van der Waals surface area contributed by atoms with Crippen LogP contribution in [0.3, 0.4) is 0 Å². The van der Waals surface area contributed by atoms with Gasteiger partial charge in [0, 0.05) is 44.7 Å². The minimum Gasteiger partial charge on any atom is -0.383 e. The molecule has 1 saturated carbocycles. The fraction of sp³-hybridized carbons (Fsp3) is 0.867. The summed E-state index contributed by atoms with van der Waals surface area (Å²) in [7, 11) is 1.66. The molecule has 0 bridgehead atoms. The number of likely N-dealkylation sites (tertiary alicyclic amines) is 2. The van der Waals surface area contributed by atoms with E-state index in [9.17, 15) is 9.59 Å². The first-order valence-corrected chi connectivity index (χ1v) is 7.99. The molecular weight excluding hydrogens is 270 g/mol. The number of carbonyl (C=O) groups excluding carboxylic acids is 2. The van der Waals surface area contributed by atoms with Crippen LogP contribution in [0, 0.1) is 0 Å². The van der Waals surface area contributed by atoms with Crippen LogP contribution >= 0.6 is 0 Å². The van der Waals surface area contributed by atoms with Crippen LogP contribution in [0.15, 0.2) is 0 Å². The Hall–Kier alpha value is -1.30. The minimum absolute atomic E-state index is 0.0357. The first kappa shape index (κ1) is 14.6. The Balaban J connectivity index is 1.57. The summed E-state index contributed by atoms with van der Waals surface area (Å²) in [6.07, 6.45) is 5.57. The molecular formula is C15H25N3O3. The third kappa shape index (κ3) is 3.00. The molecule has 1 N–H and O–H groups in total. The summed E-state index contributed by atoms with van der Waals surface area (Å²) in [6.45, 7) is 2.74. The first-order chi connectivity index (χ1) is 10.1. The summed E-state index contributed by atoms with van der Waals surface area (Å²) in [5, 5.41) is 3.04. The number of hydrogen-bond acceptors (Lipinski definition) is 3. The Labute approximate surface area is 125 Å². The largest absolute Gasteiger partial charge is 0.383 e. The van der Waals surface area contributed by atoms with Gasteiger partial charge in [0.2, 0.25) is 5.91 Å². The third-order valence-corrected chi connectivity index (χ3v) is 5.08. The van der Waals surface area contributed by atoms with Crippen molar-refractivity contribution >= 4 is 11.9 Å². The SMILES string of the molecule is COCCN1C(=O)CCC12CCN(C(=O)NC1CC1)CC2. The van der Waals surface area contributed by atoms with E-state index in [1.165, 1.54) is 0 Å². The van der Waals surface area contributed by atoms with Gasteiger partial charge in [0.1, 0.15) is 0 Å². The molecule has 0 aromatic rings. The van der Waals surface area contributed by atoms with Crippen LogP contribution in [-0.4, -0.2) is 66.7 Å². The molecule has 2 heterocycles. The molecule has 0 radical (unpaired) electrons. The van der Waals surface area contributed by atoms with Gasteiger partial charge in [-0.3, -0.25) is 4.79 Å². The number of rotatable bonds is 4. The summed E-state index contributed by atoms with van der Waals surface area (Å²) >= 11 is 0. The lowest BCUT2D eigenvalue weighted by molar-refractivity contribution is -0.133. The Morgan fingerprint density at radius 2 is 2.05 bits per heavy atom. The normalized spacial score (nSPS) is 24.7. The van der Waals surface area contributed by atoms with Gasteiger partial charge in [-0.1, -0.05) is 0 Å². The molecule has 1 aliphatic carbocycles. The average Bonchev–Trinajstić information content (AvgIpc) is 3.25. The fourth-order valence-electron chi connectivity index (χ4n) is 3.56. The maximum atomic E-state index is 12.1. The summed E-state index contributed by atoms with van der Waals surface area (Å²) in [5.74, 6) is 0.239. The number of methoxy groups -OCH3 is 1. The molecule has 21 heavy (non-hydrogen) atoms. The van der Waals surface area contributed by atoms with E-state index >= 15 is 0 Å². The summed E-state index contributed by atoms with van der Waals surface area (Å²) in [6, 6.07) is 0.472. The molecule has 6 heteroatoms.